The zero-order chi connectivity index (χ0) is 20.9. The molecule has 1 fully saturated rings. The van der Waals surface area contributed by atoms with Crippen molar-refractivity contribution in [2.24, 2.45) is 5.92 Å². The summed E-state index contributed by atoms with van der Waals surface area (Å²) in [4.78, 5) is 16.7. The minimum atomic E-state index is 0.0323. The highest BCUT2D eigenvalue weighted by Crippen LogP contribution is 2.29. The highest BCUT2D eigenvalue weighted by atomic mass is 35.5. The molecule has 0 radical (unpaired) electrons. The van der Waals surface area contributed by atoms with Gasteiger partial charge >= 0.3 is 0 Å². The van der Waals surface area contributed by atoms with Gasteiger partial charge in [0.15, 0.2) is 11.0 Å². The molecule has 2 heterocycles. The van der Waals surface area contributed by atoms with Crippen LogP contribution in [-0.2, 0) is 4.79 Å². The van der Waals surface area contributed by atoms with Crippen molar-refractivity contribution in [2.75, 3.05) is 5.75 Å². The van der Waals surface area contributed by atoms with Gasteiger partial charge in [-0.1, -0.05) is 49.2 Å². The van der Waals surface area contributed by atoms with Crippen molar-refractivity contribution in [3.8, 4) is 17.1 Å². The lowest BCUT2D eigenvalue weighted by atomic mass is 9.86. The summed E-state index contributed by atoms with van der Waals surface area (Å²) in [7, 11) is 0. The lowest BCUT2D eigenvalue weighted by molar-refractivity contribution is -0.119. The van der Waals surface area contributed by atoms with E-state index in [1.165, 1.54) is 31.0 Å². The summed E-state index contributed by atoms with van der Waals surface area (Å²) < 4.78 is 1.93. The number of carbonyl (C=O) groups excluding carboxylic acids is 1. The number of nitrogens with one attached hydrogen (secondary N) is 1. The third kappa shape index (κ3) is 4.84. The molecule has 8 heteroatoms. The van der Waals surface area contributed by atoms with E-state index in [9.17, 15) is 4.79 Å². The van der Waals surface area contributed by atoms with E-state index in [0.29, 0.717) is 21.9 Å². The van der Waals surface area contributed by atoms with Gasteiger partial charge in [-0.2, -0.15) is 0 Å². The highest BCUT2D eigenvalue weighted by molar-refractivity contribution is 7.99. The number of hydrogen-bond acceptors (Lipinski definition) is 5. The van der Waals surface area contributed by atoms with E-state index < -0.39 is 0 Å². The van der Waals surface area contributed by atoms with Crippen molar-refractivity contribution in [3.05, 3.63) is 53.8 Å². The van der Waals surface area contributed by atoms with Crippen LogP contribution in [0.15, 0.2) is 53.9 Å². The zero-order valence-corrected chi connectivity index (χ0v) is 18.4. The van der Waals surface area contributed by atoms with Crippen LogP contribution < -0.4 is 5.32 Å². The summed E-state index contributed by atoms with van der Waals surface area (Å²) in [6.45, 7) is 2.22. The molecular formula is C22H24ClN5OS. The fraction of sp³-hybridized carbons (Fsp3) is 0.364. The number of aromatic nitrogens is 4. The zero-order valence-electron chi connectivity index (χ0n) is 16.8. The summed E-state index contributed by atoms with van der Waals surface area (Å²) in [6, 6.07) is 11.6. The Labute approximate surface area is 185 Å². The van der Waals surface area contributed by atoms with E-state index in [1.54, 1.807) is 12.4 Å². The summed E-state index contributed by atoms with van der Waals surface area (Å²) in [6.07, 6.45) is 8.11. The van der Waals surface area contributed by atoms with E-state index in [1.807, 2.05) is 41.0 Å². The molecule has 1 aliphatic carbocycles. The minimum Gasteiger partial charge on any atom is -0.352 e. The van der Waals surface area contributed by atoms with Crippen LogP contribution in [-0.4, -0.2) is 37.5 Å². The first-order valence-electron chi connectivity index (χ1n) is 10.2. The van der Waals surface area contributed by atoms with Crippen LogP contribution in [0.4, 0.5) is 0 Å². The van der Waals surface area contributed by atoms with Crippen LogP contribution >= 0.6 is 23.4 Å². The Hall–Kier alpha value is -2.38. The van der Waals surface area contributed by atoms with Gasteiger partial charge in [0.2, 0.25) is 5.91 Å². The van der Waals surface area contributed by atoms with Crippen molar-refractivity contribution in [1.29, 1.82) is 0 Å². The Morgan fingerprint density at radius 1 is 1.20 bits per heavy atom. The van der Waals surface area contributed by atoms with Crippen molar-refractivity contribution in [2.45, 2.75) is 43.8 Å². The van der Waals surface area contributed by atoms with Gasteiger partial charge in [0.1, 0.15) is 0 Å². The van der Waals surface area contributed by atoms with Gasteiger partial charge in [-0.3, -0.25) is 14.3 Å². The quantitative estimate of drug-likeness (QED) is 0.558. The third-order valence-electron chi connectivity index (χ3n) is 5.43. The third-order valence-corrected chi connectivity index (χ3v) is 6.59. The molecule has 2 atom stereocenters. The molecule has 4 rings (SSSR count). The normalized spacial score (nSPS) is 18.9. The number of nitrogens with zero attached hydrogens (tertiary/aromatic N) is 4. The van der Waals surface area contributed by atoms with Gasteiger partial charge in [-0.15, -0.1) is 10.2 Å². The Morgan fingerprint density at radius 3 is 2.77 bits per heavy atom. The summed E-state index contributed by atoms with van der Waals surface area (Å²) in [5, 5.41) is 13.2. The first-order chi connectivity index (χ1) is 14.6. The van der Waals surface area contributed by atoms with Crippen molar-refractivity contribution < 1.29 is 4.79 Å². The van der Waals surface area contributed by atoms with E-state index in [4.69, 9.17) is 11.6 Å². The first kappa shape index (κ1) is 20.9. The lowest BCUT2D eigenvalue weighted by Crippen LogP contribution is -2.41. The highest BCUT2D eigenvalue weighted by Gasteiger charge is 2.23. The number of benzene rings is 1. The second kappa shape index (κ2) is 9.62. The molecular weight excluding hydrogens is 418 g/mol. The second-order valence-corrected chi connectivity index (χ2v) is 8.96. The molecule has 1 aromatic carbocycles. The van der Waals surface area contributed by atoms with Gasteiger partial charge in [-0.25, -0.2) is 0 Å². The number of pyridine rings is 1. The molecule has 30 heavy (non-hydrogen) atoms. The fourth-order valence-corrected chi connectivity index (χ4v) is 4.76. The van der Waals surface area contributed by atoms with Gasteiger partial charge in [-0.05, 0) is 49.1 Å². The summed E-state index contributed by atoms with van der Waals surface area (Å²) >= 11 is 7.61. The van der Waals surface area contributed by atoms with Crippen molar-refractivity contribution >= 4 is 29.3 Å². The molecule has 1 saturated carbocycles. The molecule has 3 aromatic rings. The second-order valence-electron chi connectivity index (χ2n) is 7.58. The maximum atomic E-state index is 12.6. The van der Waals surface area contributed by atoms with Crippen LogP contribution in [0.2, 0.25) is 5.02 Å². The van der Waals surface area contributed by atoms with Gasteiger partial charge in [0.25, 0.3) is 0 Å². The molecule has 1 aliphatic rings. The summed E-state index contributed by atoms with van der Waals surface area (Å²) in [5.74, 6) is 1.53. The van der Waals surface area contributed by atoms with Crippen molar-refractivity contribution in [1.82, 2.24) is 25.1 Å². The fourth-order valence-electron chi connectivity index (χ4n) is 3.81. The predicted octanol–water partition coefficient (Wildman–Crippen LogP) is 4.77. The lowest BCUT2D eigenvalue weighted by Gasteiger charge is -2.29. The van der Waals surface area contributed by atoms with E-state index >= 15 is 0 Å². The molecule has 6 nitrogen and oxygen atoms in total. The van der Waals surface area contributed by atoms with Crippen LogP contribution in [0, 0.1) is 5.92 Å². The molecule has 2 aromatic heterocycles. The average Bonchev–Trinajstić information content (AvgIpc) is 3.18. The SMILES string of the molecule is C[C@H]1CCCC[C@H]1NC(=O)CSc1nnc(-c2ccncc2)n1-c1cccc(Cl)c1. The predicted molar refractivity (Wildman–Crippen MR) is 120 cm³/mol. The van der Waals surface area contributed by atoms with Crippen LogP contribution in [0.1, 0.15) is 32.6 Å². The van der Waals surface area contributed by atoms with Gasteiger partial charge < -0.3 is 5.32 Å². The Bertz CT molecular complexity index is 1010. The van der Waals surface area contributed by atoms with Crippen LogP contribution in [0.5, 0.6) is 0 Å². The molecule has 0 unspecified atom stereocenters. The maximum Gasteiger partial charge on any atom is 0.230 e. The standard InChI is InChI=1S/C22H24ClN5OS/c1-15-5-2-3-8-19(15)25-20(29)14-30-22-27-26-21(16-9-11-24-12-10-16)28(22)18-7-4-6-17(23)13-18/h4,6-7,9-13,15,19H,2-3,5,8,14H2,1H3,(H,25,29)/t15-,19+/m0/s1. The molecule has 0 aliphatic heterocycles. The number of thioether (sulfide) groups is 1. The Balaban J connectivity index is 1.56. The molecule has 0 bridgehead atoms. The molecule has 1 amide bonds. The largest absolute Gasteiger partial charge is 0.352 e. The van der Waals surface area contributed by atoms with E-state index in [0.717, 1.165) is 17.7 Å². The average molecular weight is 442 g/mol. The number of amides is 1. The van der Waals surface area contributed by atoms with Gasteiger partial charge in [0.05, 0.1) is 11.4 Å². The van der Waals surface area contributed by atoms with E-state index in [-0.39, 0.29) is 17.7 Å². The first-order valence-corrected chi connectivity index (χ1v) is 11.5. The van der Waals surface area contributed by atoms with Crippen molar-refractivity contribution in [3.63, 3.8) is 0 Å². The number of hydrogen-bond donors (Lipinski definition) is 1. The monoisotopic (exact) mass is 441 g/mol. The van der Waals surface area contributed by atoms with E-state index in [2.05, 4.69) is 27.4 Å². The smallest absolute Gasteiger partial charge is 0.230 e. The van der Waals surface area contributed by atoms with Crippen LogP contribution in [0.25, 0.3) is 17.1 Å². The Morgan fingerprint density at radius 2 is 2.00 bits per heavy atom. The Kier molecular flexibility index (Phi) is 6.69. The topological polar surface area (TPSA) is 72.7 Å². The molecule has 1 N–H and O–H groups in total. The maximum absolute atomic E-state index is 12.6. The summed E-state index contributed by atoms with van der Waals surface area (Å²) in [5.41, 5.74) is 1.74. The molecule has 156 valence electrons. The minimum absolute atomic E-state index is 0.0323. The van der Waals surface area contributed by atoms with Crippen LogP contribution in [0.3, 0.4) is 0 Å². The number of carbonyl (C=O) groups is 1. The number of rotatable bonds is 6. The molecule has 0 saturated heterocycles. The number of halogens is 1. The van der Waals surface area contributed by atoms with Gasteiger partial charge in [0, 0.05) is 29.0 Å². The molecule has 0 spiro atoms.